The lowest BCUT2D eigenvalue weighted by atomic mass is 10.0. The average molecular weight is 285 g/mol. The minimum absolute atomic E-state index is 0.0986. The summed E-state index contributed by atoms with van der Waals surface area (Å²) in [6, 6.07) is 3.20. The maximum absolute atomic E-state index is 10.7. The highest BCUT2D eigenvalue weighted by Crippen LogP contribution is 2.34. The number of halogens is 1. The van der Waals surface area contributed by atoms with Gasteiger partial charge in [0.15, 0.2) is 6.10 Å². The third-order valence-electron chi connectivity index (χ3n) is 2.72. The third-order valence-corrected chi connectivity index (χ3v) is 3.01. The van der Waals surface area contributed by atoms with Crippen LogP contribution in [0.15, 0.2) is 17.3 Å². The zero-order valence-electron chi connectivity index (χ0n) is 10.3. The van der Waals surface area contributed by atoms with Crippen LogP contribution in [-0.2, 0) is 9.63 Å². The van der Waals surface area contributed by atoms with Crippen LogP contribution in [0.2, 0.25) is 5.02 Å². The number of ether oxygens (including phenoxy) is 2. The largest absolute Gasteiger partial charge is 0.546 e. The first kappa shape index (κ1) is 13.5. The number of benzene rings is 1. The van der Waals surface area contributed by atoms with Crippen LogP contribution in [0.4, 0.5) is 0 Å². The maximum Gasteiger partial charge on any atom is 0.172 e. The number of carboxylic acid groups (broad SMARTS) is 1. The van der Waals surface area contributed by atoms with Gasteiger partial charge in [0.1, 0.15) is 11.5 Å². The summed E-state index contributed by atoms with van der Waals surface area (Å²) in [5.74, 6) is -0.377. The number of hydrogen-bond donors (Lipinski definition) is 0. The van der Waals surface area contributed by atoms with Crippen molar-refractivity contribution in [3.05, 3.63) is 22.7 Å². The molecular weight excluding hydrogens is 274 g/mol. The fourth-order valence-corrected chi connectivity index (χ4v) is 1.99. The monoisotopic (exact) mass is 284 g/mol. The molecule has 7 heteroatoms. The first-order chi connectivity index (χ1) is 9.06. The zero-order valence-corrected chi connectivity index (χ0v) is 11.1. The number of rotatable bonds is 4. The van der Waals surface area contributed by atoms with Crippen molar-refractivity contribution in [1.82, 2.24) is 0 Å². The smallest absolute Gasteiger partial charge is 0.172 e. The summed E-state index contributed by atoms with van der Waals surface area (Å²) in [4.78, 5) is 15.5. The van der Waals surface area contributed by atoms with E-state index in [2.05, 4.69) is 5.16 Å². The molecule has 0 spiro atoms. The van der Waals surface area contributed by atoms with Gasteiger partial charge in [-0.1, -0.05) is 16.8 Å². The van der Waals surface area contributed by atoms with Crippen LogP contribution in [0.5, 0.6) is 11.5 Å². The van der Waals surface area contributed by atoms with Gasteiger partial charge in [-0.2, -0.15) is 0 Å². The van der Waals surface area contributed by atoms with Gasteiger partial charge in [-0.15, -0.1) is 0 Å². The lowest BCUT2D eigenvalue weighted by Gasteiger charge is -2.11. The quantitative estimate of drug-likeness (QED) is 0.809. The topological polar surface area (TPSA) is 80.2 Å². The van der Waals surface area contributed by atoms with E-state index in [1.807, 2.05) is 0 Å². The van der Waals surface area contributed by atoms with Gasteiger partial charge in [-0.3, -0.25) is 0 Å². The van der Waals surface area contributed by atoms with Gasteiger partial charge in [-0.05, 0) is 6.07 Å². The molecule has 0 fully saturated rings. The molecule has 0 amide bonds. The Kier molecular flexibility index (Phi) is 3.80. The van der Waals surface area contributed by atoms with E-state index in [0.29, 0.717) is 27.8 Å². The molecule has 6 nitrogen and oxygen atoms in total. The van der Waals surface area contributed by atoms with Gasteiger partial charge in [0.25, 0.3) is 0 Å². The molecule has 0 N–H and O–H groups in total. The molecule has 19 heavy (non-hydrogen) atoms. The van der Waals surface area contributed by atoms with Crippen LogP contribution in [-0.4, -0.2) is 32.0 Å². The van der Waals surface area contributed by atoms with E-state index < -0.39 is 12.1 Å². The van der Waals surface area contributed by atoms with Crippen molar-refractivity contribution in [3.8, 4) is 11.5 Å². The molecule has 0 radical (unpaired) electrons. The fraction of sp³-hybridized carbons (Fsp3) is 0.333. The molecule has 1 heterocycles. The van der Waals surface area contributed by atoms with E-state index >= 15 is 0 Å². The number of carboxylic acids is 1. The molecule has 1 aliphatic rings. The first-order valence-electron chi connectivity index (χ1n) is 5.42. The van der Waals surface area contributed by atoms with Gasteiger partial charge < -0.3 is 24.2 Å². The van der Waals surface area contributed by atoms with E-state index in [1.54, 1.807) is 12.1 Å². The number of carbonyl (C=O) groups excluding carboxylic acids is 1. The van der Waals surface area contributed by atoms with Crippen molar-refractivity contribution < 1.29 is 24.2 Å². The van der Waals surface area contributed by atoms with Crippen LogP contribution >= 0.6 is 11.6 Å². The predicted octanol–water partition coefficient (Wildman–Crippen LogP) is 0.600. The zero-order chi connectivity index (χ0) is 14.0. The Bertz CT molecular complexity index is 543. The van der Waals surface area contributed by atoms with Crippen molar-refractivity contribution in [1.29, 1.82) is 0 Å². The summed E-state index contributed by atoms with van der Waals surface area (Å²) in [6.07, 6.45) is -0.984. The molecule has 0 saturated carbocycles. The van der Waals surface area contributed by atoms with Crippen molar-refractivity contribution in [3.63, 3.8) is 0 Å². The summed E-state index contributed by atoms with van der Waals surface area (Å²) in [6.45, 7) is 0. The Morgan fingerprint density at radius 1 is 1.42 bits per heavy atom. The molecule has 0 aliphatic carbocycles. The van der Waals surface area contributed by atoms with Crippen molar-refractivity contribution in [2.45, 2.75) is 12.5 Å². The normalized spacial score (nSPS) is 17.6. The van der Waals surface area contributed by atoms with Crippen LogP contribution < -0.4 is 14.6 Å². The number of nitrogens with zero attached hydrogens (tertiary/aromatic N) is 1. The molecule has 0 aromatic heterocycles. The van der Waals surface area contributed by atoms with E-state index in [9.17, 15) is 9.90 Å². The molecule has 2 rings (SSSR count). The van der Waals surface area contributed by atoms with E-state index in [4.69, 9.17) is 25.9 Å². The van der Waals surface area contributed by atoms with Crippen LogP contribution in [0.25, 0.3) is 0 Å². The highest BCUT2D eigenvalue weighted by molar-refractivity contribution is 6.32. The lowest BCUT2D eigenvalue weighted by Crippen LogP contribution is -2.35. The predicted molar refractivity (Wildman–Crippen MR) is 65.6 cm³/mol. The highest BCUT2D eigenvalue weighted by atomic mass is 35.5. The lowest BCUT2D eigenvalue weighted by molar-refractivity contribution is -0.315. The van der Waals surface area contributed by atoms with Crippen LogP contribution in [0.1, 0.15) is 12.0 Å². The number of aliphatic carboxylic acids is 1. The van der Waals surface area contributed by atoms with Crippen molar-refractivity contribution in [2.75, 3.05) is 14.2 Å². The molecule has 0 saturated heterocycles. The average Bonchev–Trinajstić information content (AvgIpc) is 2.88. The number of carbonyl (C=O) groups is 1. The Labute approximate surface area is 114 Å². The Morgan fingerprint density at radius 2 is 2.11 bits per heavy atom. The van der Waals surface area contributed by atoms with Gasteiger partial charge in [0, 0.05) is 18.1 Å². The van der Waals surface area contributed by atoms with Gasteiger partial charge in [0.05, 0.1) is 30.9 Å². The second kappa shape index (κ2) is 5.36. The summed E-state index contributed by atoms with van der Waals surface area (Å²) in [5, 5.41) is 14.8. The molecule has 1 aromatic carbocycles. The second-order valence-corrected chi connectivity index (χ2v) is 4.25. The number of hydrogen-bond acceptors (Lipinski definition) is 6. The number of oxime groups is 1. The molecule has 1 aromatic rings. The molecule has 0 bridgehead atoms. The molecule has 1 aliphatic heterocycles. The number of methoxy groups -OCH3 is 2. The van der Waals surface area contributed by atoms with E-state index in [0.717, 1.165) is 0 Å². The van der Waals surface area contributed by atoms with Gasteiger partial charge >= 0.3 is 0 Å². The second-order valence-electron chi connectivity index (χ2n) is 3.84. The van der Waals surface area contributed by atoms with Crippen LogP contribution in [0.3, 0.4) is 0 Å². The molecule has 1 atom stereocenters. The highest BCUT2D eigenvalue weighted by Gasteiger charge is 2.26. The van der Waals surface area contributed by atoms with Crippen LogP contribution in [0, 0.1) is 0 Å². The maximum atomic E-state index is 10.7. The van der Waals surface area contributed by atoms with E-state index in [1.165, 1.54) is 14.2 Å². The van der Waals surface area contributed by atoms with Gasteiger partial charge in [-0.25, -0.2) is 0 Å². The Hall–Kier alpha value is -1.95. The Balaban J connectivity index is 2.35. The van der Waals surface area contributed by atoms with Gasteiger partial charge in [0.2, 0.25) is 0 Å². The first-order valence-corrected chi connectivity index (χ1v) is 5.80. The third kappa shape index (κ3) is 2.58. The summed E-state index contributed by atoms with van der Waals surface area (Å²) >= 11 is 6.03. The summed E-state index contributed by atoms with van der Waals surface area (Å²) in [7, 11) is 2.97. The molecular formula is C12H11ClNO5-. The standard InChI is InChI=1S/C12H12ClNO5/c1-17-9-5-10(18-2)7(13)3-6(9)8-4-11(12(15)16)19-14-8/h3,5,11H,4H2,1-2H3,(H,15,16)/p-1/t11-/m0/s1. The molecule has 0 unspecified atom stereocenters. The van der Waals surface area contributed by atoms with E-state index in [-0.39, 0.29) is 6.42 Å². The molecule has 102 valence electrons. The minimum atomic E-state index is -1.31. The van der Waals surface area contributed by atoms with Crippen molar-refractivity contribution in [2.24, 2.45) is 5.16 Å². The summed E-state index contributed by atoms with van der Waals surface area (Å²) < 4.78 is 10.3. The Morgan fingerprint density at radius 3 is 2.63 bits per heavy atom. The fourth-order valence-electron chi connectivity index (χ4n) is 1.75. The minimum Gasteiger partial charge on any atom is -0.546 e. The SMILES string of the molecule is COc1cc(OC)c(C2=NO[C@H](C(=O)[O-])C2)cc1Cl. The van der Waals surface area contributed by atoms with Crippen molar-refractivity contribution >= 4 is 23.3 Å². The summed E-state index contributed by atoms with van der Waals surface area (Å²) in [5.41, 5.74) is 1.01.